The number of carbonyl (C=O) groups is 2. The van der Waals surface area contributed by atoms with Crippen LogP contribution in [0.2, 0.25) is 0 Å². The summed E-state index contributed by atoms with van der Waals surface area (Å²) in [4.78, 5) is 23.7. The minimum Gasteiger partial charge on any atom is -0.462 e. The first kappa shape index (κ1) is 19.5. The molecule has 1 amide bonds. The third-order valence-corrected chi connectivity index (χ3v) is 3.42. The van der Waals surface area contributed by atoms with Crippen LogP contribution >= 0.6 is 0 Å². The molecule has 0 aliphatic heterocycles. The first-order chi connectivity index (χ1) is 12.3. The minimum atomic E-state index is -0.537. The Labute approximate surface area is 154 Å². The summed E-state index contributed by atoms with van der Waals surface area (Å²) in [6, 6.07) is 16.5. The van der Waals surface area contributed by atoms with Gasteiger partial charge in [0, 0.05) is 5.69 Å². The molecule has 5 heteroatoms. The number of hydrogen-bond acceptors (Lipinski definition) is 4. The standard InChI is InChI=1S/C21H25NO4/c1-21(2,3)26-20(24)22-18-13-7-9-16(15-18)10-8-14-25-19(23)17-11-5-4-6-12-17/h4-7,9,11-13,15H,8,10,14H2,1-3H3,(H,22,24). The second-order valence-electron chi connectivity index (χ2n) is 6.93. The molecule has 26 heavy (non-hydrogen) atoms. The number of hydrogen-bond donors (Lipinski definition) is 1. The Bertz CT molecular complexity index is 735. The predicted octanol–water partition coefficient (Wildman–Crippen LogP) is 4.82. The average molecular weight is 355 g/mol. The van der Waals surface area contributed by atoms with E-state index in [2.05, 4.69) is 5.32 Å². The van der Waals surface area contributed by atoms with Crippen molar-refractivity contribution in [1.82, 2.24) is 0 Å². The third-order valence-electron chi connectivity index (χ3n) is 3.42. The molecule has 2 aromatic carbocycles. The number of benzene rings is 2. The Morgan fingerprint density at radius 3 is 2.42 bits per heavy atom. The van der Waals surface area contributed by atoms with Crippen LogP contribution < -0.4 is 5.32 Å². The molecule has 0 heterocycles. The molecule has 2 rings (SSSR count). The highest BCUT2D eigenvalue weighted by atomic mass is 16.6. The average Bonchev–Trinajstić information content (AvgIpc) is 2.58. The van der Waals surface area contributed by atoms with Crippen LogP contribution in [-0.4, -0.2) is 24.3 Å². The third kappa shape index (κ3) is 6.97. The number of nitrogens with one attached hydrogen (secondary N) is 1. The Kier molecular flexibility index (Phi) is 6.78. The van der Waals surface area contributed by atoms with Gasteiger partial charge in [-0.15, -0.1) is 0 Å². The molecule has 0 unspecified atom stereocenters. The smallest absolute Gasteiger partial charge is 0.412 e. The summed E-state index contributed by atoms with van der Waals surface area (Å²) in [5, 5.41) is 2.72. The normalized spacial score (nSPS) is 10.9. The van der Waals surface area contributed by atoms with Crippen molar-refractivity contribution in [2.45, 2.75) is 39.2 Å². The van der Waals surface area contributed by atoms with Crippen molar-refractivity contribution >= 4 is 17.7 Å². The molecule has 0 atom stereocenters. The second-order valence-corrected chi connectivity index (χ2v) is 6.93. The zero-order chi connectivity index (χ0) is 19.0. The maximum Gasteiger partial charge on any atom is 0.412 e. The molecule has 5 nitrogen and oxygen atoms in total. The van der Waals surface area contributed by atoms with Gasteiger partial charge in [-0.2, -0.15) is 0 Å². The van der Waals surface area contributed by atoms with Gasteiger partial charge < -0.3 is 9.47 Å². The summed E-state index contributed by atoms with van der Waals surface area (Å²) < 4.78 is 10.5. The van der Waals surface area contributed by atoms with Crippen molar-refractivity contribution in [3.63, 3.8) is 0 Å². The SMILES string of the molecule is CC(C)(C)OC(=O)Nc1cccc(CCCOC(=O)c2ccccc2)c1. The van der Waals surface area contributed by atoms with Crippen molar-refractivity contribution in [2.75, 3.05) is 11.9 Å². The van der Waals surface area contributed by atoms with E-state index in [-0.39, 0.29) is 5.97 Å². The maximum absolute atomic E-state index is 11.9. The molecule has 0 aromatic heterocycles. The van der Waals surface area contributed by atoms with E-state index in [0.29, 0.717) is 24.3 Å². The molecular formula is C21H25NO4. The van der Waals surface area contributed by atoms with E-state index >= 15 is 0 Å². The molecule has 1 N–H and O–H groups in total. The first-order valence-electron chi connectivity index (χ1n) is 8.64. The van der Waals surface area contributed by atoms with Gasteiger partial charge in [-0.3, -0.25) is 5.32 Å². The summed E-state index contributed by atoms with van der Waals surface area (Å²) in [5.41, 5.74) is 1.74. The molecule has 0 fully saturated rings. The lowest BCUT2D eigenvalue weighted by Gasteiger charge is -2.19. The Hall–Kier alpha value is -2.82. The fourth-order valence-electron chi connectivity index (χ4n) is 2.32. The topological polar surface area (TPSA) is 64.6 Å². The number of ether oxygens (including phenoxy) is 2. The van der Waals surface area contributed by atoms with E-state index in [1.807, 2.05) is 51.1 Å². The van der Waals surface area contributed by atoms with Crippen LogP contribution in [0.25, 0.3) is 0 Å². The highest BCUT2D eigenvalue weighted by Crippen LogP contribution is 2.15. The zero-order valence-electron chi connectivity index (χ0n) is 15.5. The summed E-state index contributed by atoms with van der Waals surface area (Å²) >= 11 is 0. The molecule has 0 aliphatic rings. The fourth-order valence-corrected chi connectivity index (χ4v) is 2.32. The fraction of sp³-hybridized carbons (Fsp3) is 0.333. The van der Waals surface area contributed by atoms with Crippen LogP contribution in [0.5, 0.6) is 0 Å². The largest absolute Gasteiger partial charge is 0.462 e. The molecule has 138 valence electrons. The molecule has 2 aromatic rings. The highest BCUT2D eigenvalue weighted by Gasteiger charge is 2.16. The maximum atomic E-state index is 11.9. The van der Waals surface area contributed by atoms with Crippen molar-refractivity contribution in [3.8, 4) is 0 Å². The molecule has 0 spiro atoms. The highest BCUT2D eigenvalue weighted by molar-refractivity contribution is 5.89. The van der Waals surface area contributed by atoms with Crippen molar-refractivity contribution in [2.24, 2.45) is 0 Å². The van der Waals surface area contributed by atoms with Crippen LogP contribution in [0.3, 0.4) is 0 Å². The van der Waals surface area contributed by atoms with E-state index in [0.717, 1.165) is 12.0 Å². The lowest BCUT2D eigenvalue weighted by Crippen LogP contribution is -2.27. The number of carbonyl (C=O) groups excluding carboxylic acids is 2. The summed E-state index contributed by atoms with van der Waals surface area (Å²) in [6.07, 6.45) is 0.965. The van der Waals surface area contributed by atoms with Crippen molar-refractivity contribution in [3.05, 3.63) is 65.7 Å². The summed E-state index contributed by atoms with van der Waals surface area (Å²) in [7, 11) is 0. The van der Waals surface area contributed by atoms with E-state index in [9.17, 15) is 9.59 Å². The van der Waals surface area contributed by atoms with Gasteiger partial charge >= 0.3 is 12.1 Å². The Morgan fingerprint density at radius 2 is 1.73 bits per heavy atom. The van der Waals surface area contributed by atoms with E-state index in [1.165, 1.54) is 0 Å². The van der Waals surface area contributed by atoms with Crippen molar-refractivity contribution in [1.29, 1.82) is 0 Å². The minimum absolute atomic E-state index is 0.314. The van der Waals surface area contributed by atoms with Gasteiger partial charge in [0.1, 0.15) is 5.60 Å². The second kappa shape index (κ2) is 9.04. The number of esters is 1. The van der Waals surface area contributed by atoms with Gasteiger partial charge in [-0.05, 0) is 63.4 Å². The number of rotatable bonds is 6. The summed E-state index contributed by atoms with van der Waals surface area (Å²) in [6.45, 7) is 5.80. The van der Waals surface area contributed by atoms with Gasteiger partial charge in [-0.1, -0.05) is 30.3 Å². The number of aryl methyl sites for hydroxylation is 1. The van der Waals surface area contributed by atoms with Crippen LogP contribution in [0, 0.1) is 0 Å². The van der Waals surface area contributed by atoms with Gasteiger partial charge in [0.25, 0.3) is 0 Å². The first-order valence-corrected chi connectivity index (χ1v) is 8.64. The van der Waals surface area contributed by atoms with Crippen LogP contribution in [0.4, 0.5) is 10.5 Å². The summed E-state index contributed by atoms with van der Waals surface area (Å²) in [5.74, 6) is -0.314. The Morgan fingerprint density at radius 1 is 1.00 bits per heavy atom. The lowest BCUT2D eigenvalue weighted by molar-refractivity contribution is 0.0500. The van der Waals surface area contributed by atoms with E-state index in [1.54, 1.807) is 24.3 Å². The monoisotopic (exact) mass is 355 g/mol. The Balaban J connectivity index is 1.78. The quantitative estimate of drug-likeness (QED) is 0.596. The van der Waals surface area contributed by atoms with Gasteiger partial charge in [0.2, 0.25) is 0 Å². The van der Waals surface area contributed by atoms with Gasteiger partial charge in [0.15, 0.2) is 0 Å². The number of anilines is 1. The number of amides is 1. The van der Waals surface area contributed by atoms with Crippen molar-refractivity contribution < 1.29 is 19.1 Å². The lowest BCUT2D eigenvalue weighted by atomic mass is 10.1. The molecule has 0 radical (unpaired) electrons. The molecule has 0 bridgehead atoms. The van der Waals surface area contributed by atoms with Crippen LogP contribution in [-0.2, 0) is 15.9 Å². The van der Waals surface area contributed by atoms with Crippen LogP contribution in [0.1, 0.15) is 43.1 Å². The van der Waals surface area contributed by atoms with Gasteiger partial charge in [-0.25, -0.2) is 9.59 Å². The molecule has 0 saturated heterocycles. The van der Waals surface area contributed by atoms with E-state index in [4.69, 9.17) is 9.47 Å². The zero-order valence-corrected chi connectivity index (χ0v) is 15.5. The predicted molar refractivity (Wildman–Crippen MR) is 101 cm³/mol. The van der Waals surface area contributed by atoms with Crippen LogP contribution in [0.15, 0.2) is 54.6 Å². The molecule has 0 saturated carbocycles. The molecule has 0 aliphatic carbocycles. The molecular weight excluding hydrogens is 330 g/mol. The van der Waals surface area contributed by atoms with E-state index < -0.39 is 11.7 Å². The van der Waals surface area contributed by atoms with Gasteiger partial charge in [0.05, 0.1) is 12.2 Å².